The Morgan fingerprint density at radius 2 is 2.17 bits per heavy atom. The molecule has 72 valence electrons. The van der Waals surface area contributed by atoms with Crippen LogP contribution in [0.25, 0.3) is 0 Å². The smallest absolute Gasteiger partial charge is 0.138 e. The maximum absolute atomic E-state index is 5.34. The van der Waals surface area contributed by atoms with Crippen LogP contribution in [-0.4, -0.2) is 21.3 Å². The highest BCUT2D eigenvalue weighted by Gasteiger charge is 1.96. The molecule has 4 nitrogen and oxygen atoms in total. The van der Waals surface area contributed by atoms with Crippen molar-refractivity contribution in [2.24, 2.45) is 12.8 Å². The SMILES string of the molecule is Cl.Cl.Cn1ncnc1CCCN. The topological polar surface area (TPSA) is 56.7 Å². The Morgan fingerprint density at radius 3 is 2.58 bits per heavy atom. The summed E-state index contributed by atoms with van der Waals surface area (Å²) in [6.45, 7) is 0.715. The van der Waals surface area contributed by atoms with Gasteiger partial charge in [0.1, 0.15) is 12.2 Å². The van der Waals surface area contributed by atoms with Gasteiger partial charge in [0.2, 0.25) is 0 Å². The first-order valence-electron chi connectivity index (χ1n) is 3.37. The van der Waals surface area contributed by atoms with Crippen molar-refractivity contribution in [1.29, 1.82) is 0 Å². The molecule has 6 heteroatoms. The maximum atomic E-state index is 5.34. The number of hydrogen-bond acceptors (Lipinski definition) is 3. The highest BCUT2D eigenvalue weighted by molar-refractivity contribution is 5.85. The minimum atomic E-state index is 0. The van der Waals surface area contributed by atoms with Crippen LogP contribution in [0, 0.1) is 0 Å². The summed E-state index contributed by atoms with van der Waals surface area (Å²) in [4.78, 5) is 4.05. The minimum Gasteiger partial charge on any atom is -0.330 e. The highest BCUT2D eigenvalue weighted by Crippen LogP contribution is 1.93. The van der Waals surface area contributed by atoms with Crippen molar-refractivity contribution in [3.63, 3.8) is 0 Å². The Bertz CT molecular complexity index is 201. The van der Waals surface area contributed by atoms with Gasteiger partial charge in [-0.2, -0.15) is 5.10 Å². The molecule has 0 spiro atoms. The summed E-state index contributed by atoms with van der Waals surface area (Å²) in [6, 6.07) is 0. The quantitative estimate of drug-likeness (QED) is 0.797. The van der Waals surface area contributed by atoms with Gasteiger partial charge in [0.05, 0.1) is 0 Å². The molecule has 1 aromatic rings. The van der Waals surface area contributed by atoms with Crippen LogP contribution in [0.15, 0.2) is 6.33 Å². The van der Waals surface area contributed by atoms with E-state index >= 15 is 0 Å². The van der Waals surface area contributed by atoms with Crippen molar-refractivity contribution < 1.29 is 0 Å². The third-order valence-corrected chi connectivity index (χ3v) is 1.41. The van der Waals surface area contributed by atoms with E-state index in [9.17, 15) is 0 Å². The standard InChI is InChI=1S/C6H12N4.2ClH/c1-10-6(3-2-4-7)8-5-9-10;;/h5H,2-4,7H2,1H3;2*1H. The first kappa shape index (κ1) is 14.2. The molecule has 0 radical (unpaired) electrons. The van der Waals surface area contributed by atoms with Crippen molar-refractivity contribution in [3.05, 3.63) is 12.2 Å². The van der Waals surface area contributed by atoms with Gasteiger partial charge >= 0.3 is 0 Å². The number of aromatic nitrogens is 3. The summed E-state index contributed by atoms with van der Waals surface area (Å²) < 4.78 is 1.77. The average Bonchev–Trinajstić information content (AvgIpc) is 2.31. The predicted molar refractivity (Wildman–Crippen MR) is 52.9 cm³/mol. The zero-order chi connectivity index (χ0) is 7.40. The van der Waals surface area contributed by atoms with E-state index in [0.29, 0.717) is 6.54 Å². The fourth-order valence-corrected chi connectivity index (χ4v) is 0.807. The third kappa shape index (κ3) is 3.90. The summed E-state index contributed by atoms with van der Waals surface area (Å²) in [5.41, 5.74) is 5.34. The molecule has 1 aromatic heterocycles. The summed E-state index contributed by atoms with van der Waals surface area (Å²) in [5.74, 6) is 1.01. The molecule has 0 saturated carbocycles. The lowest BCUT2D eigenvalue weighted by atomic mass is 10.3. The number of nitrogens with two attached hydrogens (primary N) is 1. The molecule has 0 aromatic carbocycles. The number of rotatable bonds is 3. The first-order chi connectivity index (χ1) is 4.84. The van der Waals surface area contributed by atoms with E-state index in [-0.39, 0.29) is 24.8 Å². The van der Waals surface area contributed by atoms with Crippen LogP contribution in [0.1, 0.15) is 12.2 Å². The second kappa shape index (κ2) is 7.34. The Balaban J connectivity index is 0. The molecule has 0 aliphatic carbocycles. The summed E-state index contributed by atoms with van der Waals surface area (Å²) >= 11 is 0. The van der Waals surface area contributed by atoms with E-state index in [1.54, 1.807) is 11.0 Å². The second-order valence-corrected chi connectivity index (χ2v) is 2.19. The van der Waals surface area contributed by atoms with Gasteiger partial charge in [0, 0.05) is 13.5 Å². The zero-order valence-corrected chi connectivity index (χ0v) is 8.57. The Kier molecular flexibility index (Phi) is 8.69. The third-order valence-electron chi connectivity index (χ3n) is 1.41. The number of nitrogens with zero attached hydrogens (tertiary/aromatic N) is 3. The van der Waals surface area contributed by atoms with Crippen LogP contribution in [0.5, 0.6) is 0 Å². The lowest BCUT2D eigenvalue weighted by Crippen LogP contribution is -2.04. The molecule has 0 aliphatic rings. The van der Waals surface area contributed by atoms with Gasteiger partial charge in [0.15, 0.2) is 0 Å². The van der Waals surface area contributed by atoms with Gasteiger partial charge in [-0.3, -0.25) is 4.68 Å². The Morgan fingerprint density at radius 1 is 1.50 bits per heavy atom. The summed E-state index contributed by atoms with van der Waals surface area (Å²) in [7, 11) is 1.89. The van der Waals surface area contributed by atoms with Crippen LogP contribution in [0.3, 0.4) is 0 Å². The van der Waals surface area contributed by atoms with Gasteiger partial charge in [-0.15, -0.1) is 24.8 Å². The molecule has 2 N–H and O–H groups in total. The summed E-state index contributed by atoms with van der Waals surface area (Å²) in [6.07, 6.45) is 3.46. The van der Waals surface area contributed by atoms with Crippen molar-refractivity contribution in [2.45, 2.75) is 12.8 Å². The Hall–Kier alpha value is -0.320. The minimum absolute atomic E-state index is 0. The summed E-state index contributed by atoms with van der Waals surface area (Å²) in [5, 5.41) is 3.93. The van der Waals surface area contributed by atoms with E-state index in [0.717, 1.165) is 18.7 Å². The van der Waals surface area contributed by atoms with Gasteiger partial charge in [-0.25, -0.2) is 4.98 Å². The zero-order valence-electron chi connectivity index (χ0n) is 6.93. The van der Waals surface area contributed by atoms with Crippen molar-refractivity contribution >= 4 is 24.8 Å². The Labute approximate surface area is 84.4 Å². The highest BCUT2D eigenvalue weighted by atomic mass is 35.5. The van der Waals surface area contributed by atoms with Crippen molar-refractivity contribution in [1.82, 2.24) is 14.8 Å². The van der Waals surface area contributed by atoms with E-state index in [1.807, 2.05) is 7.05 Å². The molecule has 0 unspecified atom stereocenters. The van der Waals surface area contributed by atoms with E-state index in [4.69, 9.17) is 5.73 Å². The van der Waals surface area contributed by atoms with Gasteiger partial charge in [-0.05, 0) is 13.0 Å². The van der Waals surface area contributed by atoms with Crippen LogP contribution in [-0.2, 0) is 13.5 Å². The predicted octanol–water partition coefficient (Wildman–Crippen LogP) is 0.550. The van der Waals surface area contributed by atoms with E-state index in [1.165, 1.54) is 0 Å². The largest absolute Gasteiger partial charge is 0.330 e. The molecule has 0 saturated heterocycles. The molecular weight excluding hydrogens is 199 g/mol. The molecule has 1 heterocycles. The maximum Gasteiger partial charge on any atom is 0.138 e. The number of hydrogen-bond donors (Lipinski definition) is 1. The van der Waals surface area contributed by atoms with Crippen LogP contribution in [0.4, 0.5) is 0 Å². The van der Waals surface area contributed by atoms with Gasteiger partial charge < -0.3 is 5.73 Å². The molecule has 0 fully saturated rings. The normalized spacial score (nSPS) is 8.50. The molecule has 0 amide bonds. The molecule has 1 rings (SSSR count). The van der Waals surface area contributed by atoms with E-state index in [2.05, 4.69) is 10.1 Å². The lowest BCUT2D eigenvalue weighted by Gasteiger charge is -1.96. The molecule has 0 aliphatic heterocycles. The fourth-order valence-electron chi connectivity index (χ4n) is 0.807. The van der Waals surface area contributed by atoms with Crippen molar-refractivity contribution in [2.75, 3.05) is 6.54 Å². The lowest BCUT2D eigenvalue weighted by molar-refractivity contribution is 0.674. The average molecular weight is 213 g/mol. The molecular formula is C6H14Cl2N4. The van der Waals surface area contributed by atoms with Crippen LogP contribution in [0.2, 0.25) is 0 Å². The molecule has 0 atom stereocenters. The number of halogens is 2. The van der Waals surface area contributed by atoms with Crippen LogP contribution >= 0.6 is 24.8 Å². The van der Waals surface area contributed by atoms with Crippen molar-refractivity contribution in [3.8, 4) is 0 Å². The molecule has 12 heavy (non-hydrogen) atoms. The fraction of sp³-hybridized carbons (Fsp3) is 0.667. The number of aryl methyl sites for hydroxylation is 2. The van der Waals surface area contributed by atoms with E-state index < -0.39 is 0 Å². The van der Waals surface area contributed by atoms with Gasteiger partial charge in [-0.1, -0.05) is 0 Å². The van der Waals surface area contributed by atoms with Crippen LogP contribution < -0.4 is 5.73 Å². The molecule has 0 bridgehead atoms. The second-order valence-electron chi connectivity index (χ2n) is 2.19. The van der Waals surface area contributed by atoms with Gasteiger partial charge in [0.25, 0.3) is 0 Å². The first-order valence-corrected chi connectivity index (χ1v) is 3.37. The monoisotopic (exact) mass is 212 g/mol.